The monoisotopic (exact) mass is 343 g/mol. The van der Waals surface area contributed by atoms with Crippen LogP contribution in [0.4, 0.5) is 15.8 Å². The minimum atomic E-state index is -0.479. The molecule has 0 unspecified atom stereocenters. The van der Waals surface area contributed by atoms with Gasteiger partial charge < -0.3 is 19.9 Å². The van der Waals surface area contributed by atoms with Crippen LogP contribution in [0, 0.1) is 5.82 Å². The van der Waals surface area contributed by atoms with Crippen LogP contribution in [0.25, 0.3) is 0 Å². The lowest BCUT2D eigenvalue weighted by atomic mass is 10.2. The summed E-state index contributed by atoms with van der Waals surface area (Å²) in [4.78, 5) is 16.7. The number of nitrogens with zero attached hydrogens (tertiary/aromatic N) is 2. The average Bonchev–Trinajstić information content (AvgIpc) is 2.62. The summed E-state index contributed by atoms with van der Waals surface area (Å²) in [6.45, 7) is 3.56. The van der Waals surface area contributed by atoms with Gasteiger partial charge >= 0.3 is 0 Å². The van der Waals surface area contributed by atoms with E-state index in [9.17, 15) is 9.18 Å². The Balaban J connectivity index is 1.62. The smallest absolute Gasteiger partial charge is 0.262 e. The van der Waals surface area contributed by atoms with Gasteiger partial charge in [-0.2, -0.15) is 0 Å². The number of hydrogen-bond donors (Lipinski definition) is 1. The van der Waals surface area contributed by atoms with Gasteiger partial charge in [-0.15, -0.1) is 0 Å². The summed E-state index contributed by atoms with van der Waals surface area (Å²) >= 11 is 0. The molecule has 5 nitrogen and oxygen atoms in total. The van der Waals surface area contributed by atoms with Crippen LogP contribution in [0.2, 0.25) is 0 Å². The van der Waals surface area contributed by atoms with Crippen molar-refractivity contribution in [2.75, 3.05) is 50.1 Å². The van der Waals surface area contributed by atoms with E-state index in [1.165, 1.54) is 12.1 Å². The molecular formula is C19H22FN3O2. The first-order valence-corrected chi connectivity index (χ1v) is 8.33. The van der Waals surface area contributed by atoms with Gasteiger partial charge in [0, 0.05) is 26.2 Å². The Bertz CT molecular complexity index is 730. The topological polar surface area (TPSA) is 44.8 Å². The van der Waals surface area contributed by atoms with Crippen molar-refractivity contribution in [1.82, 2.24) is 4.90 Å². The second-order valence-electron chi connectivity index (χ2n) is 6.07. The maximum Gasteiger partial charge on any atom is 0.262 e. The van der Waals surface area contributed by atoms with Gasteiger partial charge in [-0.25, -0.2) is 4.39 Å². The number of benzene rings is 2. The molecule has 1 amide bonds. The third-order valence-electron chi connectivity index (χ3n) is 4.22. The van der Waals surface area contributed by atoms with Crippen LogP contribution in [-0.4, -0.2) is 50.6 Å². The molecule has 0 bridgehead atoms. The summed E-state index contributed by atoms with van der Waals surface area (Å²) in [6.07, 6.45) is 0. The molecule has 2 aromatic rings. The van der Waals surface area contributed by atoms with Crippen molar-refractivity contribution in [1.29, 1.82) is 0 Å². The molecular weight excluding hydrogens is 321 g/mol. The fourth-order valence-electron chi connectivity index (χ4n) is 2.79. The number of halogens is 1. The van der Waals surface area contributed by atoms with Gasteiger partial charge in [-0.05, 0) is 31.3 Å². The Morgan fingerprint density at radius 3 is 2.52 bits per heavy atom. The lowest BCUT2D eigenvalue weighted by molar-refractivity contribution is -0.118. The van der Waals surface area contributed by atoms with Gasteiger partial charge in [0.05, 0.1) is 11.4 Å². The molecule has 0 saturated carbocycles. The fraction of sp³-hybridized carbons (Fsp3) is 0.316. The highest BCUT2D eigenvalue weighted by Crippen LogP contribution is 2.26. The quantitative estimate of drug-likeness (QED) is 0.906. The van der Waals surface area contributed by atoms with E-state index in [1.54, 1.807) is 12.1 Å². The highest BCUT2D eigenvalue weighted by molar-refractivity contribution is 5.95. The number of piperazine rings is 1. The van der Waals surface area contributed by atoms with Crippen LogP contribution in [0.3, 0.4) is 0 Å². The van der Waals surface area contributed by atoms with E-state index in [0.717, 1.165) is 37.6 Å². The Morgan fingerprint density at radius 2 is 1.76 bits per heavy atom. The molecule has 6 heteroatoms. The van der Waals surface area contributed by atoms with Crippen LogP contribution in [0.1, 0.15) is 0 Å². The Kier molecular flexibility index (Phi) is 5.50. The van der Waals surface area contributed by atoms with Crippen LogP contribution < -0.4 is 15.0 Å². The minimum Gasteiger partial charge on any atom is -0.481 e. The van der Waals surface area contributed by atoms with E-state index < -0.39 is 5.82 Å². The zero-order chi connectivity index (χ0) is 17.6. The zero-order valence-electron chi connectivity index (χ0n) is 14.2. The number of para-hydroxylation sites is 3. The van der Waals surface area contributed by atoms with Crippen LogP contribution in [-0.2, 0) is 4.79 Å². The van der Waals surface area contributed by atoms with Gasteiger partial charge in [0.15, 0.2) is 18.2 Å². The van der Waals surface area contributed by atoms with E-state index in [2.05, 4.69) is 22.2 Å². The summed E-state index contributed by atoms with van der Waals surface area (Å²) in [5, 5.41) is 2.87. The lowest BCUT2D eigenvalue weighted by Crippen LogP contribution is -2.44. The highest BCUT2D eigenvalue weighted by atomic mass is 19.1. The Hall–Kier alpha value is -2.60. The number of amides is 1. The number of ether oxygens (including phenoxy) is 1. The summed E-state index contributed by atoms with van der Waals surface area (Å²) in [5.74, 6) is -0.719. The summed E-state index contributed by atoms with van der Waals surface area (Å²) in [5.41, 5.74) is 1.74. The predicted octanol–water partition coefficient (Wildman–Crippen LogP) is 2.60. The zero-order valence-corrected chi connectivity index (χ0v) is 14.2. The van der Waals surface area contributed by atoms with Crippen molar-refractivity contribution in [2.45, 2.75) is 0 Å². The number of hydrogen-bond acceptors (Lipinski definition) is 4. The largest absolute Gasteiger partial charge is 0.481 e. The number of likely N-dealkylation sites (N-methyl/N-ethyl adjacent to an activating group) is 1. The number of anilines is 2. The molecule has 0 atom stereocenters. The summed E-state index contributed by atoms with van der Waals surface area (Å²) in [6, 6.07) is 13.8. The van der Waals surface area contributed by atoms with Gasteiger partial charge in [0.25, 0.3) is 5.91 Å². The highest BCUT2D eigenvalue weighted by Gasteiger charge is 2.17. The van der Waals surface area contributed by atoms with Crippen molar-refractivity contribution in [3.63, 3.8) is 0 Å². The van der Waals surface area contributed by atoms with Gasteiger partial charge in [-0.3, -0.25) is 4.79 Å². The summed E-state index contributed by atoms with van der Waals surface area (Å²) in [7, 11) is 2.10. The normalized spacial score (nSPS) is 15.0. The van der Waals surface area contributed by atoms with E-state index >= 15 is 0 Å². The minimum absolute atomic E-state index is 0.0741. The first-order chi connectivity index (χ1) is 12.1. The van der Waals surface area contributed by atoms with Crippen molar-refractivity contribution in [3.05, 3.63) is 54.3 Å². The molecule has 0 aromatic heterocycles. The molecule has 0 radical (unpaired) electrons. The van der Waals surface area contributed by atoms with Crippen molar-refractivity contribution in [3.8, 4) is 5.75 Å². The molecule has 0 spiro atoms. The molecule has 1 N–H and O–H groups in total. The van der Waals surface area contributed by atoms with E-state index in [1.807, 2.05) is 24.3 Å². The van der Waals surface area contributed by atoms with Gasteiger partial charge in [0.2, 0.25) is 0 Å². The Labute approximate surface area is 147 Å². The number of nitrogens with one attached hydrogen (secondary N) is 1. The molecule has 1 fully saturated rings. The standard InChI is InChI=1S/C19H22FN3O2/c1-22-10-12-23(13-11-22)17-8-4-3-7-16(17)21-19(24)14-25-18-9-5-2-6-15(18)20/h2-9H,10-14H2,1H3,(H,21,24). The number of carbonyl (C=O) groups excluding carboxylic acids is 1. The van der Waals surface area contributed by atoms with Gasteiger partial charge in [-0.1, -0.05) is 24.3 Å². The SMILES string of the molecule is CN1CCN(c2ccccc2NC(=O)COc2ccccc2F)CC1. The Morgan fingerprint density at radius 1 is 1.08 bits per heavy atom. The first kappa shape index (κ1) is 17.2. The van der Waals surface area contributed by atoms with Crippen molar-refractivity contribution >= 4 is 17.3 Å². The maximum atomic E-state index is 13.5. The van der Waals surface area contributed by atoms with Crippen molar-refractivity contribution < 1.29 is 13.9 Å². The fourth-order valence-corrected chi connectivity index (χ4v) is 2.79. The van der Waals surface area contributed by atoms with E-state index in [4.69, 9.17) is 4.74 Å². The van der Waals surface area contributed by atoms with Gasteiger partial charge in [0.1, 0.15) is 0 Å². The van der Waals surface area contributed by atoms with Crippen LogP contribution >= 0.6 is 0 Å². The third kappa shape index (κ3) is 4.48. The van der Waals surface area contributed by atoms with Crippen LogP contribution in [0.15, 0.2) is 48.5 Å². The first-order valence-electron chi connectivity index (χ1n) is 8.33. The molecule has 3 rings (SSSR count). The molecule has 1 saturated heterocycles. The van der Waals surface area contributed by atoms with E-state index in [-0.39, 0.29) is 18.3 Å². The van der Waals surface area contributed by atoms with Crippen molar-refractivity contribution in [2.24, 2.45) is 0 Å². The summed E-state index contributed by atoms with van der Waals surface area (Å²) < 4.78 is 18.8. The molecule has 1 heterocycles. The maximum absolute atomic E-state index is 13.5. The lowest BCUT2D eigenvalue weighted by Gasteiger charge is -2.35. The second-order valence-corrected chi connectivity index (χ2v) is 6.07. The predicted molar refractivity (Wildman–Crippen MR) is 96.7 cm³/mol. The molecule has 0 aliphatic carbocycles. The number of carbonyl (C=O) groups is 1. The molecule has 25 heavy (non-hydrogen) atoms. The molecule has 132 valence electrons. The second kappa shape index (κ2) is 7.98. The van der Waals surface area contributed by atoms with Crippen LogP contribution in [0.5, 0.6) is 5.75 Å². The average molecular weight is 343 g/mol. The van der Waals surface area contributed by atoms with E-state index in [0.29, 0.717) is 0 Å². The molecule has 1 aliphatic heterocycles. The number of rotatable bonds is 5. The third-order valence-corrected chi connectivity index (χ3v) is 4.22. The molecule has 1 aliphatic rings. The molecule has 2 aromatic carbocycles.